The molecule has 38 heavy (non-hydrogen) atoms. The number of benzene rings is 1. The molecule has 2 fully saturated rings. The van der Waals surface area contributed by atoms with Crippen LogP contribution in [0.3, 0.4) is 0 Å². The number of rotatable bonds is 5. The van der Waals surface area contributed by atoms with E-state index in [0.29, 0.717) is 22.8 Å². The van der Waals surface area contributed by atoms with Crippen LogP contribution in [0.15, 0.2) is 55.0 Å². The molecule has 1 saturated heterocycles. The van der Waals surface area contributed by atoms with Crippen molar-refractivity contribution in [2.75, 3.05) is 18.4 Å². The molecule has 192 valence electrons. The van der Waals surface area contributed by atoms with E-state index >= 15 is 0 Å². The first-order valence-corrected chi connectivity index (χ1v) is 13.7. The van der Waals surface area contributed by atoms with Gasteiger partial charge in [0.05, 0.1) is 11.7 Å². The Morgan fingerprint density at radius 3 is 2.71 bits per heavy atom. The molecule has 0 unspecified atom stereocenters. The topological polar surface area (TPSA) is 91.4 Å². The Balaban J connectivity index is 1.40. The molecule has 7 nitrogen and oxygen atoms in total. The minimum Gasteiger partial charge on any atom is -0.366 e. The van der Waals surface area contributed by atoms with Gasteiger partial charge in [-0.3, -0.25) is 4.98 Å². The van der Waals surface area contributed by atoms with Gasteiger partial charge in [0.25, 0.3) is 0 Å². The van der Waals surface area contributed by atoms with E-state index in [-0.39, 0.29) is 5.41 Å². The molecule has 2 aliphatic rings. The van der Waals surface area contributed by atoms with E-state index in [1.807, 2.05) is 42.7 Å². The van der Waals surface area contributed by atoms with Gasteiger partial charge in [-0.1, -0.05) is 43.6 Å². The van der Waals surface area contributed by atoms with Crippen molar-refractivity contribution < 1.29 is 0 Å². The van der Waals surface area contributed by atoms with Crippen molar-refractivity contribution in [2.24, 2.45) is 5.41 Å². The lowest BCUT2D eigenvalue weighted by atomic mass is 9.80. The first kappa shape index (κ1) is 23.6. The summed E-state index contributed by atoms with van der Waals surface area (Å²) in [7, 11) is 0. The second kappa shape index (κ2) is 9.03. The summed E-state index contributed by atoms with van der Waals surface area (Å²) >= 11 is 6.51. The van der Waals surface area contributed by atoms with Crippen LogP contribution in [0, 0.1) is 5.41 Å². The summed E-state index contributed by atoms with van der Waals surface area (Å²) in [6, 6.07) is 12.2. The fourth-order valence-corrected chi connectivity index (χ4v) is 5.93. The van der Waals surface area contributed by atoms with Gasteiger partial charge in [0, 0.05) is 57.6 Å². The normalized spacial score (nSPS) is 19.2. The van der Waals surface area contributed by atoms with Crippen LogP contribution in [-0.4, -0.2) is 44.1 Å². The molecule has 0 amide bonds. The van der Waals surface area contributed by atoms with E-state index in [2.05, 4.69) is 45.5 Å². The van der Waals surface area contributed by atoms with Gasteiger partial charge >= 0.3 is 0 Å². The fourth-order valence-electron chi connectivity index (χ4n) is 5.69. The average Bonchev–Trinajstić information content (AvgIpc) is 3.67. The number of fused-ring (bicyclic) bond motifs is 2. The third kappa shape index (κ3) is 4.10. The molecule has 0 spiro atoms. The Kier molecular flexibility index (Phi) is 5.60. The fraction of sp³-hybridized carbons (Fsp3) is 0.333. The van der Waals surface area contributed by atoms with Crippen LogP contribution in [0.1, 0.15) is 44.6 Å². The molecule has 1 saturated carbocycles. The maximum absolute atomic E-state index is 6.51. The SMILES string of the molecule is CC1(C)CNCC[C@@H]1Nc1nc(-c2ccnc3[nH]c(-c4ccccc4Cl)cc23)nc2cncc(C3CC3)c12. The molecule has 5 heterocycles. The molecule has 1 aliphatic carbocycles. The van der Waals surface area contributed by atoms with E-state index in [0.717, 1.165) is 64.1 Å². The highest BCUT2D eigenvalue weighted by Gasteiger charge is 2.34. The zero-order chi connectivity index (χ0) is 25.9. The second-order valence-corrected chi connectivity index (χ2v) is 11.6. The van der Waals surface area contributed by atoms with E-state index < -0.39 is 0 Å². The molecular formula is C30H30ClN7. The van der Waals surface area contributed by atoms with Crippen LogP contribution in [0.4, 0.5) is 5.82 Å². The quantitative estimate of drug-likeness (QED) is 0.241. The number of nitrogens with one attached hydrogen (secondary N) is 3. The smallest absolute Gasteiger partial charge is 0.163 e. The van der Waals surface area contributed by atoms with Gasteiger partial charge in [-0.05, 0) is 60.9 Å². The summed E-state index contributed by atoms with van der Waals surface area (Å²) in [5.74, 6) is 2.11. The molecule has 1 aliphatic heterocycles. The lowest BCUT2D eigenvalue weighted by molar-refractivity contribution is 0.236. The average molecular weight is 524 g/mol. The number of H-pyrrole nitrogens is 1. The predicted molar refractivity (Wildman–Crippen MR) is 154 cm³/mol. The van der Waals surface area contributed by atoms with E-state index in [1.54, 1.807) is 6.20 Å². The highest BCUT2D eigenvalue weighted by atomic mass is 35.5. The molecule has 0 bridgehead atoms. The summed E-state index contributed by atoms with van der Waals surface area (Å²) in [6.07, 6.45) is 9.11. The van der Waals surface area contributed by atoms with Crippen LogP contribution >= 0.6 is 11.6 Å². The summed E-state index contributed by atoms with van der Waals surface area (Å²) in [4.78, 5) is 22.9. The molecule has 5 aromatic rings. The van der Waals surface area contributed by atoms with E-state index in [4.69, 9.17) is 21.6 Å². The number of aromatic nitrogens is 5. The molecule has 3 N–H and O–H groups in total. The lowest BCUT2D eigenvalue weighted by Gasteiger charge is -2.40. The summed E-state index contributed by atoms with van der Waals surface area (Å²) in [6.45, 7) is 6.59. The molecule has 4 aromatic heterocycles. The molecule has 8 heteroatoms. The number of pyridine rings is 2. The standard InChI is InChI=1S/C30H30ClN7/c1-30(2)16-32-11-10-25(30)37-29-26-21(17-7-8-17)14-33-15-24(26)36-28(38-29)18-9-12-34-27-20(18)13-23(35-27)19-5-3-4-6-22(19)31/h3-6,9,12-15,17,25,32H,7-8,10-11,16H2,1-2H3,(H,34,35)(H,36,37,38)/t25-/m0/s1. The van der Waals surface area contributed by atoms with Crippen LogP contribution in [0.2, 0.25) is 5.02 Å². The van der Waals surface area contributed by atoms with Gasteiger partial charge in [0.2, 0.25) is 0 Å². The van der Waals surface area contributed by atoms with Gasteiger partial charge in [-0.25, -0.2) is 15.0 Å². The Morgan fingerprint density at radius 1 is 1.03 bits per heavy atom. The number of aromatic amines is 1. The van der Waals surface area contributed by atoms with Crippen molar-refractivity contribution in [2.45, 2.75) is 45.1 Å². The second-order valence-electron chi connectivity index (χ2n) is 11.2. The van der Waals surface area contributed by atoms with Gasteiger partial charge in [-0.15, -0.1) is 0 Å². The maximum Gasteiger partial charge on any atom is 0.163 e. The van der Waals surface area contributed by atoms with Crippen LogP contribution in [-0.2, 0) is 0 Å². The van der Waals surface area contributed by atoms with Gasteiger partial charge < -0.3 is 15.6 Å². The lowest BCUT2D eigenvalue weighted by Crippen LogP contribution is -2.49. The van der Waals surface area contributed by atoms with Crippen molar-refractivity contribution in [3.05, 3.63) is 65.6 Å². The minimum atomic E-state index is 0.0941. The molecule has 1 aromatic carbocycles. The third-order valence-electron chi connectivity index (χ3n) is 8.03. The van der Waals surface area contributed by atoms with Gasteiger partial charge in [0.1, 0.15) is 11.5 Å². The zero-order valence-corrected chi connectivity index (χ0v) is 22.3. The molecule has 1 atom stereocenters. The number of nitrogens with zero attached hydrogens (tertiary/aromatic N) is 4. The summed E-state index contributed by atoms with van der Waals surface area (Å²) in [5, 5.41) is 10.2. The van der Waals surface area contributed by atoms with Crippen molar-refractivity contribution >= 4 is 39.4 Å². The number of piperidine rings is 1. The minimum absolute atomic E-state index is 0.0941. The molecule has 7 rings (SSSR count). The van der Waals surface area contributed by atoms with E-state index in [1.165, 1.54) is 18.4 Å². The maximum atomic E-state index is 6.51. The largest absolute Gasteiger partial charge is 0.366 e. The number of hydrogen-bond donors (Lipinski definition) is 3. The van der Waals surface area contributed by atoms with Gasteiger partial charge in [-0.2, -0.15) is 0 Å². The predicted octanol–water partition coefficient (Wildman–Crippen LogP) is 6.57. The Morgan fingerprint density at radius 2 is 1.89 bits per heavy atom. The highest BCUT2D eigenvalue weighted by Crippen LogP contribution is 2.45. The Labute approximate surface area is 226 Å². The summed E-state index contributed by atoms with van der Waals surface area (Å²) in [5.41, 5.74) is 5.78. The number of halogens is 1. The Bertz CT molecular complexity index is 1670. The van der Waals surface area contributed by atoms with Gasteiger partial charge in [0.15, 0.2) is 5.82 Å². The first-order chi connectivity index (χ1) is 18.5. The highest BCUT2D eigenvalue weighted by molar-refractivity contribution is 6.33. The molecular weight excluding hydrogens is 494 g/mol. The van der Waals surface area contributed by atoms with Crippen LogP contribution in [0.5, 0.6) is 0 Å². The Hall–Kier alpha value is -3.55. The van der Waals surface area contributed by atoms with Crippen molar-refractivity contribution in [3.8, 4) is 22.6 Å². The molecule has 0 radical (unpaired) electrons. The van der Waals surface area contributed by atoms with E-state index in [9.17, 15) is 0 Å². The van der Waals surface area contributed by atoms with Crippen molar-refractivity contribution in [3.63, 3.8) is 0 Å². The first-order valence-electron chi connectivity index (χ1n) is 13.3. The van der Waals surface area contributed by atoms with Crippen molar-refractivity contribution in [1.29, 1.82) is 0 Å². The monoisotopic (exact) mass is 523 g/mol. The third-order valence-corrected chi connectivity index (χ3v) is 8.36. The van der Waals surface area contributed by atoms with Crippen molar-refractivity contribution in [1.82, 2.24) is 30.2 Å². The number of hydrogen-bond acceptors (Lipinski definition) is 6. The zero-order valence-electron chi connectivity index (χ0n) is 21.6. The van der Waals surface area contributed by atoms with Crippen LogP contribution < -0.4 is 10.6 Å². The number of anilines is 1. The summed E-state index contributed by atoms with van der Waals surface area (Å²) < 4.78 is 0. The van der Waals surface area contributed by atoms with Crippen LogP contribution in [0.25, 0.3) is 44.6 Å².